The molecule has 0 atom stereocenters. The van der Waals surface area contributed by atoms with Crippen molar-refractivity contribution in [1.82, 2.24) is 14.3 Å². The number of nitrogens with zero attached hydrogens (tertiary/aromatic N) is 3. The third kappa shape index (κ3) is 4.30. The maximum absolute atomic E-state index is 12.8. The molecule has 9 heteroatoms. The van der Waals surface area contributed by atoms with Crippen molar-refractivity contribution in [3.63, 3.8) is 0 Å². The van der Waals surface area contributed by atoms with Crippen molar-refractivity contribution in [2.75, 3.05) is 5.32 Å². The molecular weight excluding hydrogens is 373 g/mol. The molecule has 0 aliphatic carbocycles. The van der Waals surface area contributed by atoms with Crippen LogP contribution in [0.15, 0.2) is 53.5 Å². The molecule has 1 amide bonds. The zero-order valence-corrected chi connectivity index (χ0v) is 15.1. The van der Waals surface area contributed by atoms with Gasteiger partial charge in [0.1, 0.15) is 12.4 Å². The third-order valence-corrected chi connectivity index (χ3v) is 4.00. The zero-order valence-electron chi connectivity index (χ0n) is 15.1. The van der Waals surface area contributed by atoms with Crippen molar-refractivity contribution in [1.29, 1.82) is 0 Å². The Hall–Kier alpha value is -3.36. The normalized spacial score (nSPS) is 11.5. The lowest BCUT2D eigenvalue weighted by Gasteiger charge is -2.12. The number of nitrogens with one attached hydrogen (secondary N) is 1. The molecule has 6 nitrogen and oxygen atoms in total. The number of carbonyl (C=O) groups is 1. The number of halogens is 3. The predicted molar refractivity (Wildman–Crippen MR) is 97.4 cm³/mol. The van der Waals surface area contributed by atoms with Crippen LogP contribution in [-0.2, 0) is 17.5 Å². The second-order valence-corrected chi connectivity index (χ2v) is 6.35. The number of hydrogen-bond acceptors (Lipinski definition) is 3. The number of aromatic nitrogens is 3. The maximum Gasteiger partial charge on any atom is 0.417 e. The van der Waals surface area contributed by atoms with Crippen LogP contribution >= 0.6 is 0 Å². The quantitative estimate of drug-likeness (QED) is 0.743. The molecule has 1 aromatic carbocycles. The largest absolute Gasteiger partial charge is 0.417 e. The number of benzene rings is 1. The second-order valence-electron chi connectivity index (χ2n) is 6.35. The highest BCUT2D eigenvalue weighted by Crippen LogP contribution is 2.28. The van der Waals surface area contributed by atoms with Crippen LogP contribution in [0.4, 0.5) is 19.0 Å². The first-order valence-electron chi connectivity index (χ1n) is 8.35. The van der Waals surface area contributed by atoms with Gasteiger partial charge in [-0.25, -0.2) is 4.68 Å². The van der Waals surface area contributed by atoms with Crippen LogP contribution < -0.4 is 10.9 Å². The summed E-state index contributed by atoms with van der Waals surface area (Å²) in [5.74, 6) is -0.291. The van der Waals surface area contributed by atoms with E-state index in [0.717, 1.165) is 16.2 Å². The van der Waals surface area contributed by atoms with E-state index in [4.69, 9.17) is 0 Å². The summed E-state index contributed by atoms with van der Waals surface area (Å²) in [7, 11) is 0. The van der Waals surface area contributed by atoms with Gasteiger partial charge in [-0.2, -0.15) is 18.3 Å². The number of aryl methyl sites for hydroxylation is 2. The van der Waals surface area contributed by atoms with Crippen molar-refractivity contribution < 1.29 is 18.0 Å². The Morgan fingerprint density at radius 3 is 2.43 bits per heavy atom. The molecule has 0 unspecified atom stereocenters. The maximum atomic E-state index is 12.8. The van der Waals surface area contributed by atoms with Gasteiger partial charge in [0.15, 0.2) is 0 Å². The molecule has 0 fully saturated rings. The van der Waals surface area contributed by atoms with Crippen molar-refractivity contribution >= 4 is 11.7 Å². The Kier molecular flexibility index (Phi) is 5.08. The molecule has 0 aliphatic heterocycles. The van der Waals surface area contributed by atoms with E-state index in [0.29, 0.717) is 29.5 Å². The first-order chi connectivity index (χ1) is 13.1. The van der Waals surface area contributed by atoms with Gasteiger partial charge in [-0.05, 0) is 32.0 Å². The molecule has 3 aromatic rings. The van der Waals surface area contributed by atoms with E-state index in [1.54, 1.807) is 13.0 Å². The van der Waals surface area contributed by atoms with Gasteiger partial charge in [-0.1, -0.05) is 17.7 Å². The number of hydrogen-bond donors (Lipinski definition) is 1. The van der Waals surface area contributed by atoms with E-state index < -0.39 is 29.8 Å². The van der Waals surface area contributed by atoms with Crippen LogP contribution in [-0.4, -0.2) is 20.3 Å². The van der Waals surface area contributed by atoms with Crippen LogP contribution in [0.3, 0.4) is 0 Å². The molecule has 2 aromatic heterocycles. The van der Waals surface area contributed by atoms with Gasteiger partial charge in [0.25, 0.3) is 5.56 Å². The van der Waals surface area contributed by atoms with Crippen molar-refractivity contribution in [3.8, 4) is 5.69 Å². The highest BCUT2D eigenvalue weighted by atomic mass is 19.4. The fourth-order valence-electron chi connectivity index (χ4n) is 2.63. The second kappa shape index (κ2) is 7.34. The molecule has 0 saturated heterocycles. The van der Waals surface area contributed by atoms with Crippen LogP contribution in [0, 0.1) is 13.8 Å². The molecule has 0 spiro atoms. The lowest BCUT2D eigenvalue weighted by atomic mass is 10.2. The first-order valence-corrected chi connectivity index (χ1v) is 8.35. The lowest BCUT2D eigenvalue weighted by Crippen LogP contribution is -2.28. The Morgan fingerprint density at radius 2 is 1.79 bits per heavy atom. The summed E-state index contributed by atoms with van der Waals surface area (Å²) in [6, 6.07) is 10.5. The number of pyridine rings is 1. The summed E-state index contributed by atoms with van der Waals surface area (Å²) in [4.78, 5) is 24.2. The number of carbonyl (C=O) groups excluding carboxylic acids is 1. The van der Waals surface area contributed by atoms with Gasteiger partial charge in [-0.15, -0.1) is 0 Å². The van der Waals surface area contributed by atoms with Crippen molar-refractivity contribution in [2.45, 2.75) is 26.6 Å². The number of rotatable bonds is 4. The summed E-state index contributed by atoms with van der Waals surface area (Å²) < 4.78 is 40.7. The Balaban J connectivity index is 1.83. The summed E-state index contributed by atoms with van der Waals surface area (Å²) in [6.07, 6.45) is -3.97. The minimum atomic E-state index is -4.60. The van der Waals surface area contributed by atoms with Gasteiger partial charge in [-0.3, -0.25) is 9.59 Å². The van der Waals surface area contributed by atoms with E-state index in [1.807, 2.05) is 31.2 Å². The predicted octanol–water partition coefficient (Wildman–Crippen LogP) is 3.31. The monoisotopic (exact) mass is 390 g/mol. The molecule has 0 bridgehead atoms. The average Bonchev–Trinajstić information content (AvgIpc) is 2.96. The number of anilines is 1. The Morgan fingerprint density at radius 1 is 1.11 bits per heavy atom. The van der Waals surface area contributed by atoms with E-state index in [9.17, 15) is 22.8 Å². The summed E-state index contributed by atoms with van der Waals surface area (Å²) >= 11 is 0. The Bertz CT molecular complexity index is 1070. The molecule has 146 valence electrons. The lowest BCUT2D eigenvalue weighted by molar-refractivity contribution is -0.138. The van der Waals surface area contributed by atoms with Gasteiger partial charge in [0, 0.05) is 18.3 Å². The molecule has 0 aliphatic rings. The van der Waals surface area contributed by atoms with Crippen LogP contribution in [0.2, 0.25) is 0 Å². The van der Waals surface area contributed by atoms with Crippen LogP contribution in [0.25, 0.3) is 5.69 Å². The SMILES string of the molecule is Cc1ccc(-n2nc(C)cc2NC(=O)Cn2cc(C(F)(F)F)ccc2=O)cc1. The van der Waals surface area contributed by atoms with Crippen molar-refractivity contribution in [3.05, 3.63) is 75.8 Å². The summed E-state index contributed by atoms with van der Waals surface area (Å²) in [5.41, 5.74) is 0.714. The smallest absolute Gasteiger partial charge is 0.309 e. The van der Waals surface area contributed by atoms with E-state index in [1.165, 1.54) is 4.68 Å². The molecule has 28 heavy (non-hydrogen) atoms. The molecule has 0 saturated carbocycles. The Labute approximate surface area is 158 Å². The molecular formula is C19H17F3N4O2. The van der Waals surface area contributed by atoms with E-state index in [-0.39, 0.29) is 0 Å². The van der Waals surface area contributed by atoms with Crippen LogP contribution in [0.5, 0.6) is 0 Å². The number of alkyl halides is 3. The highest BCUT2D eigenvalue weighted by molar-refractivity contribution is 5.90. The minimum Gasteiger partial charge on any atom is -0.309 e. The molecule has 1 N–H and O–H groups in total. The standard InChI is InChI=1S/C19H17F3N4O2/c1-12-3-6-15(7-4-12)26-16(9-13(2)24-26)23-17(27)11-25-10-14(19(20,21)22)5-8-18(25)28/h3-10H,11H2,1-2H3,(H,23,27). The molecule has 3 rings (SSSR count). The summed E-state index contributed by atoms with van der Waals surface area (Å²) in [5, 5.41) is 6.92. The van der Waals surface area contributed by atoms with Gasteiger partial charge >= 0.3 is 6.18 Å². The minimum absolute atomic E-state index is 0.353. The fraction of sp³-hybridized carbons (Fsp3) is 0.211. The zero-order chi connectivity index (χ0) is 20.5. The van der Waals surface area contributed by atoms with Gasteiger partial charge < -0.3 is 9.88 Å². The van der Waals surface area contributed by atoms with E-state index >= 15 is 0 Å². The topological polar surface area (TPSA) is 68.9 Å². The van der Waals surface area contributed by atoms with Gasteiger partial charge in [0.05, 0.1) is 16.9 Å². The van der Waals surface area contributed by atoms with E-state index in [2.05, 4.69) is 10.4 Å². The third-order valence-electron chi connectivity index (χ3n) is 4.00. The molecule has 2 heterocycles. The molecule has 0 radical (unpaired) electrons. The average molecular weight is 390 g/mol. The van der Waals surface area contributed by atoms with Crippen LogP contribution in [0.1, 0.15) is 16.8 Å². The summed E-state index contributed by atoms with van der Waals surface area (Å²) in [6.45, 7) is 3.13. The van der Waals surface area contributed by atoms with Crippen molar-refractivity contribution in [2.24, 2.45) is 0 Å². The first kappa shape index (κ1) is 19.4. The van der Waals surface area contributed by atoms with Gasteiger partial charge in [0.2, 0.25) is 5.91 Å². The fourth-order valence-corrected chi connectivity index (χ4v) is 2.63. The number of amides is 1. The highest BCUT2D eigenvalue weighted by Gasteiger charge is 2.31.